The van der Waals surface area contributed by atoms with Gasteiger partial charge in [0.2, 0.25) is 0 Å². The number of fused-ring (bicyclic) bond motifs is 1. The third kappa shape index (κ3) is 3.97. The van der Waals surface area contributed by atoms with E-state index in [2.05, 4.69) is 5.32 Å². The maximum atomic E-state index is 11.4. The highest BCUT2D eigenvalue weighted by molar-refractivity contribution is 6.31. The molecule has 28 heavy (non-hydrogen) atoms. The van der Waals surface area contributed by atoms with Gasteiger partial charge < -0.3 is 15.2 Å². The van der Waals surface area contributed by atoms with Crippen LogP contribution in [-0.4, -0.2) is 23.3 Å². The average Bonchev–Trinajstić information content (AvgIpc) is 3.12. The van der Waals surface area contributed by atoms with Crippen molar-refractivity contribution in [2.75, 3.05) is 0 Å². The summed E-state index contributed by atoms with van der Waals surface area (Å²) in [5.41, 5.74) is 4.01. The number of hydrogen-bond donors (Lipinski definition) is 2. The Bertz CT molecular complexity index is 976. The molecular weight excluding hydrogens is 374 g/mol. The normalized spacial score (nSPS) is 16.1. The van der Waals surface area contributed by atoms with Crippen LogP contribution < -0.4 is 10.1 Å². The first kappa shape index (κ1) is 18.4. The first-order chi connectivity index (χ1) is 13.6. The van der Waals surface area contributed by atoms with Crippen LogP contribution in [0.1, 0.15) is 11.1 Å². The Morgan fingerprint density at radius 2 is 1.79 bits per heavy atom. The topological polar surface area (TPSA) is 58.6 Å². The highest BCUT2D eigenvalue weighted by Crippen LogP contribution is 2.41. The maximum absolute atomic E-state index is 11.4. The largest absolute Gasteiger partial charge is 0.487 e. The molecule has 1 aliphatic rings. The second-order valence-electron chi connectivity index (χ2n) is 6.91. The molecule has 4 rings (SSSR count). The van der Waals surface area contributed by atoms with E-state index in [9.17, 15) is 9.90 Å². The lowest BCUT2D eigenvalue weighted by atomic mass is 9.96. The first-order valence-corrected chi connectivity index (χ1v) is 9.56. The van der Waals surface area contributed by atoms with Crippen LogP contribution in [0.5, 0.6) is 5.75 Å². The van der Waals surface area contributed by atoms with Crippen LogP contribution in [0.3, 0.4) is 0 Å². The third-order valence-electron chi connectivity index (χ3n) is 4.96. The van der Waals surface area contributed by atoms with Crippen molar-refractivity contribution in [3.05, 3.63) is 88.9 Å². The Hall–Kier alpha value is -2.98. The van der Waals surface area contributed by atoms with Gasteiger partial charge >= 0.3 is 6.09 Å². The van der Waals surface area contributed by atoms with Crippen LogP contribution in [0.2, 0.25) is 5.02 Å². The average molecular weight is 394 g/mol. The number of amides is 1. The Morgan fingerprint density at radius 1 is 1.11 bits per heavy atom. The van der Waals surface area contributed by atoms with Crippen molar-refractivity contribution in [3.8, 4) is 16.9 Å². The fraction of sp³-hybridized carbons (Fsp3) is 0.174. The Labute approximate surface area is 168 Å². The molecule has 0 radical (unpaired) electrons. The molecular formula is C23H20ClNO3. The second kappa shape index (κ2) is 7.95. The lowest BCUT2D eigenvalue weighted by molar-refractivity contribution is 0.154. The molecule has 142 valence electrons. The number of rotatable bonds is 5. The van der Waals surface area contributed by atoms with E-state index in [1.54, 1.807) is 0 Å². The summed E-state index contributed by atoms with van der Waals surface area (Å²) >= 11 is 6.35. The number of carbonyl (C=O) groups is 1. The SMILES string of the molecule is O=C(O)NC(Cc1ccccc1)C1Cc2cc(Cl)cc(-c3ccccc3)c2O1. The van der Waals surface area contributed by atoms with Gasteiger partial charge in [-0.15, -0.1) is 0 Å². The number of benzene rings is 3. The summed E-state index contributed by atoms with van der Waals surface area (Å²) in [6, 6.07) is 23.2. The van der Waals surface area contributed by atoms with Gasteiger partial charge in [-0.25, -0.2) is 4.79 Å². The third-order valence-corrected chi connectivity index (χ3v) is 5.18. The summed E-state index contributed by atoms with van der Waals surface area (Å²) in [6.45, 7) is 0. The summed E-state index contributed by atoms with van der Waals surface area (Å²) in [4.78, 5) is 11.4. The fourth-order valence-corrected chi connectivity index (χ4v) is 3.95. The number of ether oxygens (including phenoxy) is 1. The predicted octanol–water partition coefficient (Wildman–Crippen LogP) is 5.19. The Balaban J connectivity index is 1.64. The molecule has 0 fully saturated rings. The minimum atomic E-state index is -1.05. The lowest BCUT2D eigenvalue weighted by Gasteiger charge is -2.23. The lowest BCUT2D eigenvalue weighted by Crippen LogP contribution is -2.46. The Morgan fingerprint density at radius 3 is 2.46 bits per heavy atom. The van der Waals surface area contributed by atoms with E-state index in [1.165, 1.54) is 0 Å². The van der Waals surface area contributed by atoms with Crippen LogP contribution in [0.4, 0.5) is 4.79 Å². The molecule has 2 unspecified atom stereocenters. The van der Waals surface area contributed by atoms with Crippen molar-refractivity contribution in [2.24, 2.45) is 0 Å². The number of hydrogen-bond acceptors (Lipinski definition) is 2. The predicted molar refractivity (Wildman–Crippen MR) is 110 cm³/mol. The van der Waals surface area contributed by atoms with E-state index in [-0.39, 0.29) is 12.1 Å². The van der Waals surface area contributed by atoms with Crippen molar-refractivity contribution < 1.29 is 14.6 Å². The van der Waals surface area contributed by atoms with Crippen LogP contribution in [0.25, 0.3) is 11.1 Å². The summed E-state index contributed by atoms with van der Waals surface area (Å²) in [5, 5.41) is 12.6. The monoisotopic (exact) mass is 393 g/mol. The van der Waals surface area contributed by atoms with Crippen LogP contribution >= 0.6 is 11.6 Å². The molecule has 0 spiro atoms. The van der Waals surface area contributed by atoms with Gasteiger partial charge in [-0.1, -0.05) is 72.3 Å². The van der Waals surface area contributed by atoms with Gasteiger partial charge in [-0.2, -0.15) is 0 Å². The molecule has 3 aromatic rings. The molecule has 1 heterocycles. The molecule has 1 aliphatic heterocycles. The molecule has 0 saturated carbocycles. The van der Waals surface area contributed by atoms with Gasteiger partial charge in [-0.3, -0.25) is 0 Å². The van der Waals surface area contributed by atoms with E-state index in [0.29, 0.717) is 17.9 Å². The number of halogens is 1. The fourth-order valence-electron chi connectivity index (χ4n) is 3.71. The van der Waals surface area contributed by atoms with Gasteiger partial charge in [0.25, 0.3) is 0 Å². The standard InChI is InChI=1S/C23H20ClNO3/c24-18-12-17-13-21(20(25-23(26)27)11-15-7-3-1-4-8-15)28-22(17)19(14-18)16-9-5-2-6-10-16/h1-10,12,14,20-21,25H,11,13H2,(H,26,27). The van der Waals surface area contributed by atoms with Gasteiger partial charge in [0.15, 0.2) is 0 Å². The van der Waals surface area contributed by atoms with E-state index in [0.717, 1.165) is 28.0 Å². The summed E-state index contributed by atoms with van der Waals surface area (Å²) in [7, 11) is 0. The quantitative estimate of drug-likeness (QED) is 0.627. The van der Waals surface area contributed by atoms with E-state index >= 15 is 0 Å². The summed E-state index contributed by atoms with van der Waals surface area (Å²) < 4.78 is 6.30. The molecule has 0 saturated heterocycles. The van der Waals surface area contributed by atoms with Crippen molar-refractivity contribution in [2.45, 2.75) is 25.0 Å². The smallest absolute Gasteiger partial charge is 0.405 e. The zero-order valence-electron chi connectivity index (χ0n) is 15.1. The van der Waals surface area contributed by atoms with Crippen LogP contribution in [0.15, 0.2) is 72.8 Å². The molecule has 2 N–H and O–H groups in total. The van der Waals surface area contributed by atoms with Crippen molar-refractivity contribution >= 4 is 17.7 Å². The minimum absolute atomic E-state index is 0.299. The molecule has 2 atom stereocenters. The molecule has 0 bridgehead atoms. The van der Waals surface area contributed by atoms with Crippen molar-refractivity contribution in [1.29, 1.82) is 0 Å². The van der Waals surface area contributed by atoms with E-state index in [1.807, 2.05) is 72.8 Å². The molecule has 1 amide bonds. The highest BCUT2D eigenvalue weighted by Gasteiger charge is 2.33. The maximum Gasteiger partial charge on any atom is 0.405 e. The molecule has 3 aromatic carbocycles. The van der Waals surface area contributed by atoms with Crippen molar-refractivity contribution in [1.82, 2.24) is 5.32 Å². The second-order valence-corrected chi connectivity index (χ2v) is 7.35. The van der Waals surface area contributed by atoms with Gasteiger partial charge in [-0.05, 0) is 29.7 Å². The molecule has 4 nitrogen and oxygen atoms in total. The van der Waals surface area contributed by atoms with Crippen LogP contribution in [0, 0.1) is 0 Å². The zero-order valence-corrected chi connectivity index (χ0v) is 15.9. The molecule has 5 heteroatoms. The van der Waals surface area contributed by atoms with Crippen molar-refractivity contribution in [3.63, 3.8) is 0 Å². The van der Waals surface area contributed by atoms with Gasteiger partial charge in [0.1, 0.15) is 11.9 Å². The highest BCUT2D eigenvalue weighted by atomic mass is 35.5. The van der Waals surface area contributed by atoms with E-state index in [4.69, 9.17) is 16.3 Å². The zero-order chi connectivity index (χ0) is 19.5. The Kier molecular flexibility index (Phi) is 5.22. The first-order valence-electron chi connectivity index (χ1n) is 9.18. The van der Waals surface area contributed by atoms with E-state index < -0.39 is 6.09 Å². The summed E-state index contributed by atoms with van der Waals surface area (Å²) in [5.74, 6) is 0.783. The molecule has 0 aromatic heterocycles. The van der Waals surface area contributed by atoms with Crippen LogP contribution in [-0.2, 0) is 12.8 Å². The number of nitrogens with one attached hydrogen (secondary N) is 1. The van der Waals surface area contributed by atoms with Gasteiger partial charge in [0, 0.05) is 22.6 Å². The summed E-state index contributed by atoms with van der Waals surface area (Å²) in [6.07, 6.45) is -0.192. The van der Waals surface area contributed by atoms with Gasteiger partial charge in [0.05, 0.1) is 6.04 Å². The minimum Gasteiger partial charge on any atom is -0.487 e. The number of carboxylic acid groups (broad SMARTS) is 1. The molecule has 0 aliphatic carbocycles.